The Morgan fingerprint density at radius 2 is 2.04 bits per heavy atom. The lowest BCUT2D eigenvalue weighted by atomic mass is 9.71. The van der Waals surface area contributed by atoms with Crippen LogP contribution >= 0.6 is 0 Å². The first-order chi connectivity index (χ1) is 12.6. The minimum absolute atomic E-state index is 0.150. The molecule has 1 N–H and O–H groups in total. The van der Waals surface area contributed by atoms with Crippen molar-refractivity contribution < 1.29 is 9.59 Å². The number of nitrogens with one attached hydrogen (secondary N) is 1. The van der Waals surface area contributed by atoms with Gasteiger partial charge in [0.25, 0.3) is 0 Å². The fourth-order valence-corrected chi connectivity index (χ4v) is 3.86. The van der Waals surface area contributed by atoms with Gasteiger partial charge in [-0.1, -0.05) is 44.4 Å². The van der Waals surface area contributed by atoms with Gasteiger partial charge in [0, 0.05) is 22.7 Å². The molecule has 5 heteroatoms. The van der Waals surface area contributed by atoms with Gasteiger partial charge in [0.2, 0.25) is 0 Å². The Balaban J connectivity index is 1.77. The topological polar surface area (TPSA) is 75.7 Å². The maximum Gasteiger partial charge on any atom is 0.172 e. The zero-order chi connectivity index (χ0) is 18.1. The van der Waals surface area contributed by atoms with E-state index in [0.717, 1.165) is 37.5 Å². The molecule has 26 heavy (non-hydrogen) atoms. The number of aromatic amines is 1. The van der Waals surface area contributed by atoms with Gasteiger partial charge >= 0.3 is 0 Å². The van der Waals surface area contributed by atoms with Crippen molar-refractivity contribution in [2.45, 2.75) is 39.0 Å². The fraction of sp³-hybridized carbons (Fsp3) is 0.333. The summed E-state index contributed by atoms with van der Waals surface area (Å²) in [6.07, 6.45) is 9.45. The molecule has 2 heterocycles. The highest BCUT2D eigenvalue weighted by molar-refractivity contribution is 6.08. The molecule has 1 aromatic carbocycles. The van der Waals surface area contributed by atoms with Gasteiger partial charge in [-0.25, -0.2) is 9.97 Å². The van der Waals surface area contributed by atoms with Crippen molar-refractivity contribution in [1.82, 2.24) is 15.0 Å². The number of carbonyl (C=O) groups excluding carboxylic acids is 2. The molecule has 1 aliphatic carbocycles. The van der Waals surface area contributed by atoms with Crippen LogP contribution in [-0.4, -0.2) is 27.0 Å². The summed E-state index contributed by atoms with van der Waals surface area (Å²) in [4.78, 5) is 36.4. The van der Waals surface area contributed by atoms with Gasteiger partial charge in [-0.3, -0.25) is 9.59 Å². The Bertz CT molecular complexity index is 984. The first-order valence-electron chi connectivity index (χ1n) is 9.05. The highest BCUT2D eigenvalue weighted by Crippen LogP contribution is 2.39. The van der Waals surface area contributed by atoms with E-state index in [0.29, 0.717) is 28.0 Å². The Morgan fingerprint density at radius 3 is 2.81 bits per heavy atom. The Morgan fingerprint density at radius 1 is 1.23 bits per heavy atom. The highest BCUT2D eigenvalue weighted by Gasteiger charge is 2.36. The summed E-state index contributed by atoms with van der Waals surface area (Å²) in [6, 6.07) is 7.23. The molecular formula is C21H21N3O2. The van der Waals surface area contributed by atoms with Crippen molar-refractivity contribution in [3.8, 4) is 11.3 Å². The van der Waals surface area contributed by atoms with Gasteiger partial charge in [0.1, 0.15) is 11.8 Å². The summed E-state index contributed by atoms with van der Waals surface area (Å²) < 4.78 is 0. The Hall–Kier alpha value is -2.82. The molecule has 0 bridgehead atoms. The molecule has 0 amide bonds. The minimum Gasteiger partial charge on any atom is -0.344 e. The lowest BCUT2D eigenvalue weighted by molar-refractivity contribution is 0.0751. The average molecular weight is 347 g/mol. The number of fused-ring (bicyclic) bond motifs is 1. The number of ketones is 1. The van der Waals surface area contributed by atoms with Crippen molar-refractivity contribution in [3.05, 3.63) is 47.8 Å². The lowest BCUT2D eigenvalue weighted by Crippen LogP contribution is -2.30. The third-order valence-electron chi connectivity index (χ3n) is 5.45. The quantitative estimate of drug-likeness (QED) is 0.553. The van der Waals surface area contributed by atoms with Crippen LogP contribution in [0.1, 0.15) is 59.7 Å². The van der Waals surface area contributed by atoms with Crippen LogP contribution in [0.2, 0.25) is 0 Å². The number of benzene rings is 1. The number of hydrogen-bond donors (Lipinski definition) is 1. The number of rotatable bonds is 4. The van der Waals surface area contributed by atoms with Crippen LogP contribution in [-0.2, 0) is 0 Å². The van der Waals surface area contributed by atoms with Crippen LogP contribution in [0.15, 0.2) is 36.7 Å². The number of aromatic nitrogens is 3. The first kappa shape index (κ1) is 16.6. The zero-order valence-electron chi connectivity index (χ0n) is 14.8. The molecule has 0 atom stereocenters. The number of H-pyrrole nitrogens is 1. The molecule has 5 nitrogen and oxygen atoms in total. The molecular weight excluding hydrogens is 326 g/mol. The predicted molar refractivity (Wildman–Crippen MR) is 100 cm³/mol. The summed E-state index contributed by atoms with van der Waals surface area (Å²) in [5.41, 5.74) is 3.58. The van der Waals surface area contributed by atoms with E-state index in [1.165, 1.54) is 6.42 Å². The Labute approximate surface area is 151 Å². The summed E-state index contributed by atoms with van der Waals surface area (Å²) in [5, 5.41) is 0. The molecule has 2 aromatic heterocycles. The summed E-state index contributed by atoms with van der Waals surface area (Å²) in [5.74, 6) is 0.150. The van der Waals surface area contributed by atoms with Gasteiger partial charge in [-0.15, -0.1) is 0 Å². The highest BCUT2D eigenvalue weighted by atomic mass is 16.1. The third kappa shape index (κ3) is 2.83. The number of hydrogen-bond acceptors (Lipinski definition) is 4. The second-order valence-electron chi connectivity index (χ2n) is 7.35. The normalized spacial score (nSPS) is 16.5. The SMILES string of the molecule is CC1(C(=O)c2c[nH]c3ncc(-c4cccc(C=O)c4)nc23)CCCCC1. The van der Waals surface area contributed by atoms with Gasteiger partial charge in [-0.2, -0.15) is 0 Å². The molecule has 0 saturated heterocycles. The molecule has 0 aliphatic heterocycles. The molecule has 1 saturated carbocycles. The zero-order valence-corrected chi connectivity index (χ0v) is 14.8. The van der Waals surface area contributed by atoms with E-state index >= 15 is 0 Å². The fourth-order valence-electron chi connectivity index (χ4n) is 3.86. The average Bonchev–Trinajstić information content (AvgIpc) is 3.11. The van der Waals surface area contributed by atoms with Gasteiger partial charge in [0.15, 0.2) is 11.4 Å². The number of aldehydes is 1. The van der Waals surface area contributed by atoms with Crippen molar-refractivity contribution in [2.24, 2.45) is 5.41 Å². The van der Waals surface area contributed by atoms with Crippen molar-refractivity contribution in [3.63, 3.8) is 0 Å². The molecule has 0 radical (unpaired) electrons. The van der Waals surface area contributed by atoms with E-state index in [1.807, 2.05) is 12.1 Å². The van der Waals surface area contributed by atoms with Crippen LogP contribution in [0, 0.1) is 5.41 Å². The summed E-state index contributed by atoms with van der Waals surface area (Å²) in [7, 11) is 0. The maximum absolute atomic E-state index is 13.2. The molecule has 4 rings (SSSR count). The second kappa shape index (κ2) is 6.48. The predicted octanol–water partition coefficient (Wildman–Crippen LogP) is 4.59. The lowest BCUT2D eigenvalue weighted by Gasteiger charge is -2.31. The van der Waals surface area contributed by atoms with Gasteiger partial charge < -0.3 is 4.98 Å². The van der Waals surface area contributed by atoms with Crippen LogP contribution < -0.4 is 0 Å². The molecule has 1 aliphatic rings. The van der Waals surface area contributed by atoms with E-state index in [2.05, 4.69) is 16.9 Å². The number of nitrogens with zero attached hydrogens (tertiary/aromatic N) is 2. The Kier molecular flexibility index (Phi) is 4.15. The van der Waals surface area contributed by atoms with Crippen LogP contribution in [0.5, 0.6) is 0 Å². The molecule has 132 valence electrons. The largest absolute Gasteiger partial charge is 0.344 e. The number of Topliss-reactive ketones (excluding diaryl/α,β-unsaturated/α-hetero) is 1. The molecule has 0 spiro atoms. The second-order valence-corrected chi connectivity index (χ2v) is 7.35. The smallest absolute Gasteiger partial charge is 0.172 e. The van der Waals surface area contributed by atoms with Crippen molar-refractivity contribution in [2.75, 3.05) is 0 Å². The van der Waals surface area contributed by atoms with Gasteiger partial charge in [-0.05, 0) is 18.9 Å². The van der Waals surface area contributed by atoms with E-state index in [9.17, 15) is 9.59 Å². The van der Waals surface area contributed by atoms with Crippen LogP contribution in [0.3, 0.4) is 0 Å². The molecule has 0 unspecified atom stereocenters. The van der Waals surface area contributed by atoms with E-state index < -0.39 is 0 Å². The number of carbonyl (C=O) groups is 2. The van der Waals surface area contributed by atoms with Crippen molar-refractivity contribution in [1.29, 1.82) is 0 Å². The molecule has 1 fully saturated rings. The third-order valence-corrected chi connectivity index (χ3v) is 5.45. The van der Waals surface area contributed by atoms with Gasteiger partial charge in [0.05, 0.1) is 17.5 Å². The van der Waals surface area contributed by atoms with E-state index in [4.69, 9.17) is 4.98 Å². The molecule has 3 aromatic rings. The first-order valence-corrected chi connectivity index (χ1v) is 9.05. The van der Waals surface area contributed by atoms with Crippen LogP contribution in [0.4, 0.5) is 0 Å². The standard InChI is InChI=1S/C21H21N3O2/c1-21(8-3-2-4-9-21)19(26)16-11-22-20-18(16)24-17(12-23-20)15-7-5-6-14(10-15)13-25/h5-7,10-13H,2-4,8-9H2,1H3,(H,22,23). The van der Waals surface area contributed by atoms with Crippen LogP contribution in [0.25, 0.3) is 22.4 Å². The maximum atomic E-state index is 13.2. The summed E-state index contributed by atoms with van der Waals surface area (Å²) in [6.45, 7) is 2.07. The monoisotopic (exact) mass is 347 g/mol. The minimum atomic E-state index is -0.317. The summed E-state index contributed by atoms with van der Waals surface area (Å²) >= 11 is 0. The van der Waals surface area contributed by atoms with E-state index in [-0.39, 0.29) is 11.2 Å². The van der Waals surface area contributed by atoms with Crippen molar-refractivity contribution >= 4 is 23.2 Å². The van der Waals surface area contributed by atoms with E-state index in [1.54, 1.807) is 24.5 Å².